The summed E-state index contributed by atoms with van der Waals surface area (Å²) in [4.78, 5) is 18.6. The normalized spacial score (nSPS) is 16.2. The van der Waals surface area contributed by atoms with E-state index in [4.69, 9.17) is 15.2 Å². The van der Waals surface area contributed by atoms with Crippen LogP contribution in [0, 0.1) is 5.92 Å². The van der Waals surface area contributed by atoms with Crippen LogP contribution in [0.2, 0.25) is 0 Å². The molecule has 162 valence electrons. The zero-order valence-electron chi connectivity index (χ0n) is 17.3. The van der Waals surface area contributed by atoms with Gasteiger partial charge in [-0.05, 0) is 24.1 Å². The lowest BCUT2D eigenvalue weighted by Gasteiger charge is -2.16. The van der Waals surface area contributed by atoms with Crippen LogP contribution < -0.4 is 20.5 Å². The minimum Gasteiger partial charge on any atom is -0.493 e. The smallest absolute Gasteiger partial charge is 0.223 e. The van der Waals surface area contributed by atoms with Crippen LogP contribution in [0.1, 0.15) is 12.0 Å². The number of nitrogens with one attached hydrogen (secondary N) is 1. The molecule has 0 spiro atoms. The van der Waals surface area contributed by atoms with E-state index in [2.05, 4.69) is 22.4 Å². The number of guanidine groups is 1. The number of halogens is 1. The SMILES string of the molecule is COc1ccc(NC(N)=NCC2CC(=O)N(CCc3ccccc3)C2)cc1OC.I. The van der Waals surface area contributed by atoms with Crippen molar-refractivity contribution in [1.82, 2.24) is 4.90 Å². The zero-order chi connectivity index (χ0) is 20.6. The Morgan fingerprint density at radius 2 is 1.90 bits per heavy atom. The van der Waals surface area contributed by atoms with Gasteiger partial charge in [0.1, 0.15) is 0 Å². The van der Waals surface area contributed by atoms with E-state index in [-0.39, 0.29) is 35.8 Å². The van der Waals surface area contributed by atoms with Gasteiger partial charge < -0.3 is 25.4 Å². The average molecular weight is 524 g/mol. The highest BCUT2D eigenvalue weighted by Crippen LogP contribution is 2.29. The van der Waals surface area contributed by atoms with E-state index in [0.29, 0.717) is 30.4 Å². The molecule has 1 fully saturated rings. The van der Waals surface area contributed by atoms with Crippen LogP contribution in [0.15, 0.2) is 53.5 Å². The van der Waals surface area contributed by atoms with E-state index in [1.807, 2.05) is 29.2 Å². The number of amides is 1. The molecule has 0 bridgehead atoms. The molecule has 8 heteroatoms. The molecule has 2 aromatic rings. The van der Waals surface area contributed by atoms with Crippen LogP contribution in [0.4, 0.5) is 5.69 Å². The number of ether oxygens (including phenoxy) is 2. The first kappa shape index (κ1) is 23.8. The Hall–Kier alpha value is -2.49. The Bertz CT molecular complexity index is 861. The van der Waals surface area contributed by atoms with Gasteiger partial charge in [0, 0.05) is 43.7 Å². The number of likely N-dealkylation sites (tertiary alicyclic amines) is 1. The van der Waals surface area contributed by atoms with E-state index in [1.165, 1.54) is 5.56 Å². The monoisotopic (exact) mass is 524 g/mol. The molecule has 0 saturated carbocycles. The molecular formula is C22H29IN4O3. The van der Waals surface area contributed by atoms with Crippen molar-refractivity contribution in [3.63, 3.8) is 0 Å². The average Bonchev–Trinajstić information content (AvgIpc) is 3.11. The third kappa shape index (κ3) is 6.51. The first-order valence-electron chi connectivity index (χ1n) is 9.69. The summed E-state index contributed by atoms with van der Waals surface area (Å²) in [7, 11) is 3.17. The summed E-state index contributed by atoms with van der Waals surface area (Å²) in [6.45, 7) is 1.97. The lowest BCUT2D eigenvalue weighted by atomic mass is 10.1. The van der Waals surface area contributed by atoms with Crippen molar-refractivity contribution in [1.29, 1.82) is 0 Å². The van der Waals surface area contributed by atoms with Gasteiger partial charge in [0.05, 0.1) is 14.2 Å². The van der Waals surface area contributed by atoms with Crippen LogP contribution in [-0.4, -0.2) is 50.6 Å². The number of benzene rings is 2. The van der Waals surface area contributed by atoms with Crippen LogP contribution in [0.3, 0.4) is 0 Å². The minimum atomic E-state index is 0. The highest BCUT2D eigenvalue weighted by Gasteiger charge is 2.28. The molecule has 1 heterocycles. The highest BCUT2D eigenvalue weighted by atomic mass is 127. The maximum atomic E-state index is 12.3. The van der Waals surface area contributed by atoms with E-state index >= 15 is 0 Å². The lowest BCUT2D eigenvalue weighted by molar-refractivity contribution is -0.127. The van der Waals surface area contributed by atoms with Gasteiger partial charge in [-0.25, -0.2) is 0 Å². The van der Waals surface area contributed by atoms with Crippen molar-refractivity contribution in [2.24, 2.45) is 16.6 Å². The molecule has 1 aliphatic heterocycles. The second-order valence-corrected chi connectivity index (χ2v) is 7.07. The Kier molecular flexibility index (Phi) is 9.22. The quantitative estimate of drug-likeness (QED) is 0.315. The Morgan fingerprint density at radius 3 is 2.60 bits per heavy atom. The Morgan fingerprint density at radius 1 is 1.17 bits per heavy atom. The van der Waals surface area contributed by atoms with Crippen molar-refractivity contribution in [2.75, 3.05) is 39.2 Å². The second kappa shape index (κ2) is 11.6. The number of nitrogens with zero attached hydrogens (tertiary/aromatic N) is 2. The fourth-order valence-electron chi connectivity index (χ4n) is 3.43. The molecule has 3 rings (SSSR count). The summed E-state index contributed by atoms with van der Waals surface area (Å²) in [6.07, 6.45) is 1.38. The van der Waals surface area contributed by atoms with Gasteiger partial charge in [-0.2, -0.15) is 0 Å². The van der Waals surface area contributed by atoms with Crippen molar-refractivity contribution in [2.45, 2.75) is 12.8 Å². The van der Waals surface area contributed by atoms with Gasteiger partial charge in [0.25, 0.3) is 0 Å². The molecule has 1 aliphatic rings. The van der Waals surface area contributed by atoms with E-state index in [9.17, 15) is 4.79 Å². The van der Waals surface area contributed by atoms with Gasteiger partial charge in [-0.1, -0.05) is 30.3 Å². The summed E-state index contributed by atoms with van der Waals surface area (Å²) >= 11 is 0. The maximum absolute atomic E-state index is 12.3. The third-order valence-corrected chi connectivity index (χ3v) is 4.98. The van der Waals surface area contributed by atoms with Crippen LogP contribution in [0.25, 0.3) is 0 Å². The molecule has 7 nitrogen and oxygen atoms in total. The molecule has 30 heavy (non-hydrogen) atoms. The molecule has 1 unspecified atom stereocenters. The number of hydrogen-bond acceptors (Lipinski definition) is 4. The van der Waals surface area contributed by atoms with E-state index in [0.717, 1.165) is 25.2 Å². The van der Waals surface area contributed by atoms with Gasteiger partial charge in [0.2, 0.25) is 5.91 Å². The molecule has 2 aromatic carbocycles. The number of aliphatic imine (C=N–C) groups is 1. The van der Waals surface area contributed by atoms with Crippen LogP contribution >= 0.6 is 24.0 Å². The summed E-state index contributed by atoms with van der Waals surface area (Å²) < 4.78 is 10.5. The number of carbonyl (C=O) groups excluding carboxylic acids is 1. The van der Waals surface area contributed by atoms with E-state index in [1.54, 1.807) is 26.4 Å². The summed E-state index contributed by atoms with van der Waals surface area (Å²) in [5.74, 6) is 1.94. The molecular weight excluding hydrogens is 495 g/mol. The summed E-state index contributed by atoms with van der Waals surface area (Å²) in [5, 5.41) is 3.05. The standard InChI is InChI=1S/C22H28N4O3.HI/c1-28-19-9-8-18(13-20(19)29-2)25-22(23)24-14-17-12-21(27)26(15-17)11-10-16-6-4-3-5-7-16;/h3-9,13,17H,10-12,14-15H2,1-2H3,(H3,23,24,25);1H. The number of rotatable bonds is 8. The molecule has 1 atom stereocenters. The first-order valence-corrected chi connectivity index (χ1v) is 9.69. The Labute approximate surface area is 194 Å². The van der Waals surface area contributed by atoms with Crippen molar-refractivity contribution in [3.05, 3.63) is 54.1 Å². The van der Waals surface area contributed by atoms with Gasteiger partial charge in [-0.3, -0.25) is 9.79 Å². The molecule has 1 amide bonds. The number of methoxy groups -OCH3 is 2. The maximum Gasteiger partial charge on any atom is 0.223 e. The van der Waals surface area contributed by atoms with Gasteiger partial charge in [0.15, 0.2) is 17.5 Å². The Balaban J connectivity index is 0.00000320. The zero-order valence-corrected chi connectivity index (χ0v) is 19.7. The van der Waals surface area contributed by atoms with Crippen LogP contribution in [0.5, 0.6) is 11.5 Å². The van der Waals surface area contributed by atoms with Gasteiger partial charge in [-0.15, -0.1) is 24.0 Å². The number of hydrogen-bond donors (Lipinski definition) is 2. The second-order valence-electron chi connectivity index (χ2n) is 7.07. The number of carbonyl (C=O) groups is 1. The highest BCUT2D eigenvalue weighted by molar-refractivity contribution is 14.0. The molecule has 0 radical (unpaired) electrons. The van der Waals surface area contributed by atoms with Crippen molar-refractivity contribution in [3.8, 4) is 11.5 Å². The van der Waals surface area contributed by atoms with Crippen molar-refractivity contribution < 1.29 is 14.3 Å². The molecule has 0 aromatic heterocycles. The van der Waals surface area contributed by atoms with Crippen molar-refractivity contribution >= 4 is 41.5 Å². The lowest BCUT2D eigenvalue weighted by Crippen LogP contribution is -2.28. The predicted octanol–water partition coefficient (Wildman–Crippen LogP) is 3.14. The molecule has 3 N–H and O–H groups in total. The predicted molar refractivity (Wildman–Crippen MR) is 130 cm³/mol. The minimum absolute atomic E-state index is 0. The van der Waals surface area contributed by atoms with Gasteiger partial charge >= 0.3 is 0 Å². The number of nitrogens with two attached hydrogens (primary N) is 1. The largest absolute Gasteiger partial charge is 0.493 e. The molecule has 0 aliphatic carbocycles. The molecule has 1 saturated heterocycles. The topological polar surface area (TPSA) is 89.2 Å². The number of anilines is 1. The summed E-state index contributed by atoms with van der Waals surface area (Å²) in [6, 6.07) is 15.7. The van der Waals surface area contributed by atoms with Crippen LogP contribution in [-0.2, 0) is 11.2 Å². The summed E-state index contributed by atoms with van der Waals surface area (Å²) in [5.41, 5.74) is 8.02. The first-order chi connectivity index (χ1) is 14.1. The fraction of sp³-hybridized carbons (Fsp3) is 0.364. The fourth-order valence-corrected chi connectivity index (χ4v) is 3.43. The van der Waals surface area contributed by atoms with E-state index < -0.39 is 0 Å². The third-order valence-electron chi connectivity index (χ3n) is 4.98.